The van der Waals surface area contributed by atoms with E-state index in [-0.39, 0.29) is 6.03 Å². The van der Waals surface area contributed by atoms with Crippen LogP contribution in [0.25, 0.3) is 0 Å². The van der Waals surface area contributed by atoms with Gasteiger partial charge in [0.15, 0.2) is 6.04 Å². The predicted octanol–water partition coefficient (Wildman–Crippen LogP) is 2.13. The monoisotopic (exact) mass is 276 g/mol. The highest BCUT2D eigenvalue weighted by Crippen LogP contribution is 2.30. The maximum Gasteiger partial charge on any atom is 0.331 e. The van der Waals surface area contributed by atoms with Crippen molar-refractivity contribution < 1.29 is 14.7 Å². The summed E-state index contributed by atoms with van der Waals surface area (Å²) in [6, 6.07) is 6.35. The first-order chi connectivity index (χ1) is 9.56. The Labute approximate surface area is 118 Å². The number of carbonyl (C=O) groups excluding carboxylic acids is 1. The molecule has 1 atom stereocenters. The summed E-state index contributed by atoms with van der Waals surface area (Å²) in [6.45, 7) is 3.06. The average Bonchev–Trinajstić information content (AvgIpc) is 2.45. The van der Waals surface area contributed by atoms with Crippen molar-refractivity contribution in [2.75, 3.05) is 20.1 Å². The van der Waals surface area contributed by atoms with E-state index in [2.05, 4.69) is 0 Å². The summed E-state index contributed by atoms with van der Waals surface area (Å²) in [5, 5.41) is 9.50. The van der Waals surface area contributed by atoms with Gasteiger partial charge in [0.1, 0.15) is 0 Å². The van der Waals surface area contributed by atoms with Crippen molar-refractivity contribution in [2.24, 2.45) is 0 Å². The van der Waals surface area contributed by atoms with E-state index < -0.39 is 12.0 Å². The number of amides is 2. The number of carboxylic acids is 1. The molecule has 1 aromatic rings. The number of hydrogen-bond donors (Lipinski definition) is 1. The molecule has 1 unspecified atom stereocenters. The van der Waals surface area contributed by atoms with E-state index in [9.17, 15) is 14.7 Å². The molecular formula is C15H20N2O3. The molecule has 2 amide bonds. The molecule has 20 heavy (non-hydrogen) atoms. The van der Waals surface area contributed by atoms with Crippen molar-refractivity contribution >= 4 is 12.0 Å². The van der Waals surface area contributed by atoms with Crippen LogP contribution >= 0.6 is 0 Å². The van der Waals surface area contributed by atoms with Crippen LogP contribution in [-0.2, 0) is 11.2 Å². The molecule has 0 saturated heterocycles. The topological polar surface area (TPSA) is 60.9 Å². The van der Waals surface area contributed by atoms with Crippen LogP contribution in [0, 0.1) is 0 Å². The van der Waals surface area contributed by atoms with E-state index >= 15 is 0 Å². The van der Waals surface area contributed by atoms with Crippen molar-refractivity contribution in [2.45, 2.75) is 25.8 Å². The number of carbonyl (C=O) groups is 2. The maximum absolute atomic E-state index is 12.4. The van der Waals surface area contributed by atoms with Crippen molar-refractivity contribution in [1.82, 2.24) is 9.80 Å². The standard InChI is InChI=1S/C15H20N2O3/c1-3-9-16(2)15(20)17-10-8-11-6-4-5-7-12(11)13(17)14(18)19/h4-7,13H,3,8-10H2,1-2H3,(H,18,19). The van der Waals surface area contributed by atoms with Gasteiger partial charge in [0, 0.05) is 20.1 Å². The number of urea groups is 1. The van der Waals surface area contributed by atoms with Crippen LogP contribution in [0.5, 0.6) is 0 Å². The number of nitrogens with zero attached hydrogens (tertiary/aromatic N) is 2. The van der Waals surface area contributed by atoms with Crippen LogP contribution in [-0.4, -0.2) is 47.0 Å². The first kappa shape index (κ1) is 14.4. The lowest BCUT2D eigenvalue weighted by molar-refractivity contribution is -0.143. The number of benzene rings is 1. The maximum atomic E-state index is 12.4. The van der Waals surface area contributed by atoms with E-state index in [1.807, 2.05) is 25.1 Å². The Morgan fingerprint density at radius 1 is 1.40 bits per heavy atom. The highest BCUT2D eigenvalue weighted by Gasteiger charge is 2.36. The van der Waals surface area contributed by atoms with Crippen LogP contribution in [0.3, 0.4) is 0 Å². The summed E-state index contributed by atoms with van der Waals surface area (Å²) >= 11 is 0. The minimum atomic E-state index is -0.976. The zero-order valence-corrected chi connectivity index (χ0v) is 11.9. The molecule has 1 aliphatic rings. The molecule has 0 aromatic heterocycles. The highest BCUT2D eigenvalue weighted by atomic mass is 16.4. The van der Waals surface area contributed by atoms with Crippen molar-refractivity contribution in [1.29, 1.82) is 0 Å². The fraction of sp³-hybridized carbons (Fsp3) is 0.467. The van der Waals surface area contributed by atoms with Gasteiger partial charge in [0.25, 0.3) is 0 Å². The van der Waals surface area contributed by atoms with E-state index in [4.69, 9.17) is 0 Å². The summed E-state index contributed by atoms with van der Waals surface area (Å²) in [7, 11) is 1.71. The van der Waals surface area contributed by atoms with Gasteiger partial charge in [-0.05, 0) is 24.0 Å². The van der Waals surface area contributed by atoms with Gasteiger partial charge in [0.05, 0.1) is 0 Å². The second-order valence-electron chi connectivity index (χ2n) is 5.09. The molecule has 0 bridgehead atoms. The summed E-state index contributed by atoms with van der Waals surface area (Å²) in [5.74, 6) is -0.976. The number of hydrogen-bond acceptors (Lipinski definition) is 2. The lowest BCUT2D eigenvalue weighted by Gasteiger charge is -2.37. The largest absolute Gasteiger partial charge is 0.479 e. The Morgan fingerprint density at radius 3 is 2.75 bits per heavy atom. The van der Waals surface area contributed by atoms with Gasteiger partial charge < -0.3 is 14.9 Å². The smallest absolute Gasteiger partial charge is 0.331 e. The zero-order chi connectivity index (χ0) is 14.7. The molecule has 5 nitrogen and oxygen atoms in total. The fourth-order valence-corrected chi connectivity index (χ4v) is 2.69. The third kappa shape index (κ3) is 2.61. The molecule has 0 saturated carbocycles. The third-order valence-corrected chi connectivity index (χ3v) is 3.65. The molecular weight excluding hydrogens is 256 g/mol. The molecule has 0 radical (unpaired) electrons. The lowest BCUT2D eigenvalue weighted by atomic mass is 9.93. The van der Waals surface area contributed by atoms with Crippen LogP contribution in [0.4, 0.5) is 4.79 Å². The third-order valence-electron chi connectivity index (χ3n) is 3.65. The van der Waals surface area contributed by atoms with Gasteiger partial charge in [-0.15, -0.1) is 0 Å². The Bertz CT molecular complexity index is 516. The normalized spacial score (nSPS) is 17.5. The number of fused-ring (bicyclic) bond motifs is 1. The number of rotatable bonds is 3. The van der Waals surface area contributed by atoms with Crippen molar-refractivity contribution in [3.63, 3.8) is 0 Å². The SMILES string of the molecule is CCCN(C)C(=O)N1CCc2ccccc2C1C(=O)O. The Kier molecular flexibility index (Phi) is 4.27. The number of aliphatic carboxylic acids is 1. The van der Waals surface area contributed by atoms with E-state index in [1.54, 1.807) is 18.0 Å². The van der Waals surface area contributed by atoms with Gasteiger partial charge in [-0.3, -0.25) is 0 Å². The summed E-state index contributed by atoms with van der Waals surface area (Å²) in [4.78, 5) is 27.0. The van der Waals surface area contributed by atoms with Crippen LogP contribution in [0.2, 0.25) is 0 Å². The number of carboxylic acid groups (broad SMARTS) is 1. The fourth-order valence-electron chi connectivity index (χ4n) is 2.69. The Balaban J connectivity index is 2.31. The highest BCUT2D eigenvalue weighted by molar-refractivity contribution is 5.84. The molecule has 1 heterocycles. The molecule has 0 fully saturated rings. The van der Waals surface area contributed by atoms with Crippen LogP contribution in [0.1, 0.15) is 30.5 Å². The van der Waals surface area contributed by atoms with Crippen molar-refractivity contribution in [3.05, 3.63) is 35.4 Å². The Hall–Kier alpha value is -2.04. The molecule has 108 valence electrons. The molecule has 5 heteroatoms. The van der Waals surface area contributed by atoms with Crippen LogP contribution < -0.4 is 0 Å². The Morgan fingerprint density at radius 2 is 2.10 bits per heavy atom. The minimum absolute atomic E-state index is 0.214. The molecule has 2 rings (SSSR count). The molecule has 1 N–H and O–H groups in total. The second-order valence-corrected chi connectivity index (χ2v) is 5.09. The second kappa shape index (κ2) is 5.94. The first-order valence-corrected chi connectivity index (χ1v) is 6.88. The van der Waals surface area contributed by atoms with Crippen molar-refractivity contribution in [3.8, 4) is 0 Å². The van der Waals surface area contributed by atoms with E-state index in [1.165, 1.54) is 4.90 Å². The van der Waals surface area contributed by atoms with E-state index in [0.29, 0.717) is 19.5 Å². The molecule has 1 aromatic carbocycles. The molecule has 1 aliphatic heterocycles. The van der Waals surface area contributed by atoms with Gasteiger partial charge in [-0.25, -0.2) is 9.59 Å². The lowest BCUT2D eigenvalue weighted by Crippen LogP contribution is -2.48. The van der Waals surface area contributed by atoms with Gasteiger partial charge in [0.2, 0.25) is 0 Å². The summed E-state index contributed by atoms with van der Waals surface area (Å²) < 4.78 is 0. The predicted molar refractivity (Wildman–Crippen MR) is 75.5 cm³/mol. The average molecular weight is 276 g/mol. The van der Waals surface area contributed by atoms with Gasteiger partial charge >= 0.3 is 12.0 Å². The molecule has 0 aliphatic carbocycles. The first-order valence-electron chi connectivity index (χ1n) is 6.88. The summed E-state index contributed by atoms with van der Waals surface area (Å²) in [5.41, 5.74) is 1.74. The van der Waals surface area contributed by atoms with Gasteiger partial charge in [-0.1, -0.05) is 31.2 Å². The molecule has 0 spiro atoms. The van der Waals surface area contributed by atoms with Gasteiger partial charge in [-0.2, -0.15) is 0 Å². The zero-order valence-electron chi connectivity index (χ0n) is 11.9. The quantitative estimate of drug-likeness (QED) is 0.920. The van der Waals surface area contributed by atoms with E-state index in [0.717, 1.165) is 17.5 Å². The minimum Gasteiger partial charge on any atom is -0.479 e. The summed E-state index contributed by atoms with van der Waals surface area (Å²) in [6.07, 6.45) is 1.55. The van der Waals surface area contributed by atoms with Crippen LogP contribution in [0.15, 0.2) is 24.3 Å².